The number of benzene rings is 1. The van der Waals surface area contributed by atoms with Crippen LogP contribution in [0.1, 0.15) is 43.9 Å². The predicted octanol–water partition coefficient (Wildman–Crippen LogP) is 3.32. The van der Waals surface area contributed by atoms with Gasteiger partial charge in [-0.15, -0.1) is 0 Å². The molecule has 2 rings (SSSR count). The number of fused-ring (bicyclic) bond motifs is 1. The molecule has 1 heterocycles. The molecule has 0 aliphatic carbocycles. The number of rotatable bonds is 3. The van der Waals surface area contributed by atoms with E-state index in [1.54, 1.807) is 7.11 Å². The van der Waals surface area contributed by atoms with Gasteiger partial charge in [-0.05, 0) is 48.6 Å². The minimum atomic E-state index is 0.495. The average molecular weight is 233 g/mol. The van der Waals surface area contributed by atoms with E-state index >= 15 is 0 Å². The van der Waals surface area contributed by atoms with E-state index in [-0.39, 0.29) is 0 Å². The molecule has 2 heteroatoms. The van der Waals surface area contributed by atoms with Crippen LogP contribution in [0.25, 0.3) is 0 Å². The van der Waals surface area contributed by atoms with Gasteiger partial charge in [0, 0.05) is 6.04 Å². The Bertz CT molecular complexity index is 375. The summed E-state index contributed by atoms with van der Waals surface area (Å²) in [5.41, 5.74) is 2.93. The molecule has 1 aromatic carbocycles. The van der Waals surface area contributed by atoms with Crippen LogP contribution in [0.3, 0.4) is 0 Å². The van der Waals surface area contributed by atoms with Crippen molar-refractivity contribution < 1.29 is 4.74 Å². The molecule has 0 bridgehead atoms. The lowest BCUT2D eigenvalue weighted by Crippen LogP contribution is -2.23. The zero-order valence-corrected chi connectivity index (χ0v) is 11.1. The van der Waals surface area contributed by atoms with Crippen LogP contribution in [0.2, 0.25) is 0 Å². The Kier molecular flexibility index (Phi) is 4.06. The van der Waals surface area contributed by atoms with Crippen LogP contribution in [0.5, 0.6) is 5.75 Å². The highest BCUT2D eigenvalue weighted by Crippen LogP contribution is 2.30. The number of nitrogens with one attached hydrogen (secondary N) is 1. The molecule has 0 radical (unpaired) electrons. The minimum absolute atomic E-state index is 0.495. The highest BCUT2D eigenvalue weighted by Gasteiger charge is 2.21. The molecule has 0 spiro atoms. The largest absolute Gasteiger partial charge is 0.497 e. The summed E-state index contributed by atoms with van der Waals surface area (Å²) in [5, 5.41) is 3.68. The molecular weight excluding hydrogens is 210 g/mol. The van der Waals surface area contributed by atoms with Gasteiger partial charge in [-0.1, -0.05) is 26.3 Å². The van der Waals surface area contributed by atoms with Gasteiger partial charge >= 0.3 is 0 Å². The second kappa shape index (κ2) is 5.54. The maximum atomic E-state index is 5.35. The van der Waals surface area contributed by atoms with Crippen molar-refractivity contribution in [1.29, 1.82) is 0 Å². The highest BCUT2D eigenvalue weighted by molar-refractivity contribution is 5.38. The van der Waals surface area contributed by atoms with Gasteiger partial charge in [-0.25, -0.2) is 0 Å². The smallest absolute Gasteiger partial charge is 0.119 e. The van der Waals surface area contributed by atoms with Crippen LogP contribution in [0.4, 0.5) is 0 Å². The molecule has 0 fully saturated rings. The van der Waals surface area contributed by atoms with Crippen LogP contribution in [-0.2, 0) is 6.42 Å². The van der Waals surface area contributed by atoms with Gasteiger partial charge in [0.25, 0.3) is 0 Å². The van der Waals surface area contributed by atoms with Crippen LogP contribution < -0.4 is 10.1 Å². The summed E-state index contributed by atoms with van der Waals surface area (Å²) in [6.07, 6.45) is 3.59. The fraction of sp³-hybridized carbons (Fsp3) is 0.600. The molecule has 2 nitrogen and oxygen atoms in total. The van der Waals surface area contributed by atoms with Crippen molar-refractivity contribution in [3.05, 3.63) is 29.3 Å². The van der Waals surface area contributed by atoms with E-state index in [2.05, 4.69) is 37.4 Å². The number of ether oxygens (including phenoxy) is 1. The van der Waals surface area contributed by atoms with Gasteiger partial charge in [0.15, 0.2) is 0 Å². The first-order valence-corrected chi connectivity index (χ1v) is 6.64. The third kappa shape index (κ3) is 2.81. The van der Waals surface area contributed by atoms with Gasteiger partial charge in [-0.3, -0.25) is 0 Å². The van der Waals surface area contributed by atoms with Gasteiger partial charge in [0.2, 0.25) is 0 Å². The topological polar surface area (TPSA) is 21.3 Å². The summed E-state index contributed by atoms with van der Waals surface area (Å²) < 4.78 is 5.35. The summed E-state index contributed by atoms with van der Waals surface area (Å²) in [6.45, 7) is 5.67. The van der Waals surface area contributed by atoms with E-state index in [0.717, 1.165) is 12.3 Å². The molecule has 2 unspecified atom stereocenters. The molecule has 1 aliphatic heterocycles. The molecule has 0 saturated carbocycles. The summed E-state index contributed by atoms with van der Waals surface area (Å²) in [5.74, 6) is 1.69. The van der Waals surface area contributed by atoms with Crippen molar-refractivity contribution in [1.82, 2.24) is 5.32 Å². The molecule has 94 valence electrons. The van der Waals surface area contributed by atoms with E-state index in [1.807, 2.05) is 0 Å². The standard InChI is InChI=1S/C15H23NO/c1-4-5-15-14-9-13(17-3)7-6-12(14)8-11(2)10-16-15/h6-7,9,11,15-16H,4-5,8,10H2,1-3H3. The first-order chi connectivity index (χ1) is 8.24. The zero-order chi connectivity index (χ0) is 12.3. The average Bonchev–Trinajstić information content (AvgIpc) is 2.49. The molecule has 1 aromatic rings. The Labute approximate surface area is 104 Å². The maximum absolute atomic E-state index is 5.35. The lowest BCUT2D eigenvalue weighted by atomic mass is 9.94. The Balaban J connectivity index is 2.35. The molecule has 1 aliphatic rings. The lowest BCUT2D eigenvalue weighted by Gasteiger charge is -2.19. The number of methoxy groups -OCH3 is 1. The van der Waals surface area contributed by atoms with Crippen molar-refractivity contribution in [2.24, 2.45) is 5.92 Å². The first-order valence-electron chi connectivity index (χ1n) is 6.64. The van der Waals surface area contributed by atoms with Crippen LogP contribution >= 0.6 is 0 Å². The van der Waals surface area contributed by atoms with Crippen molar-refractivity contribution in [2.75, 3.05) is 13.7 Å². The third-order valence-electron chi connectivity index (χ3n) is 3.59. The molecule has 1 N–H and O–H groups in total. The second-order valence-electron chi connectivity index (χ2n) is 5.12. The van der Waals surface area contributed by atoms with Gasteiger partial charge < -0.3 is 10.1 Å². The number of hydrogen-bond acceptors (Lipinski definition) is 2. The van der Waals surface area contributed by atoms with Gasteiger partial charge in [0.05, 0.1) is 7.11 Å². The van der Waals surface area contributed by atoms with Gasteiger partial charge in [0.1, 0.15) is 5.75 Å². The van der Waals surface area contributed by atoms with Crippen molar-refractivity contribution >= 4 is 0 Å². The summed E-state index contributed by atoms with van der Waals surface area (Å²) in [4.78, 5) is 0. The summed E-state index contributed by atoms with van der Waals surface area (Å²) in [7, 11) is 1.74. The Hall–Kier alpha value is -1.02. The van der Waals surface area contributed by atoms with E-state index in [1.165, 1.54) is 30.4 Å². The SMILES string of the molecule is CCCC1NCC(C)Cc2ccc(OC)cc21. The second-order valence-corrected chi connectivity index (χ2v) is 5.12. The van der Waals surface area contributed by atoms with Crippen molar-refractivity contribution in [3.63, 3.8) is 0 Å². The summed E-state index contributed by atoms with van der Waals surface area (Å²) >= 11 is 0. The fourth-order valence-corrected chi connectivity index (χ4v) is 2.66. The fourth-order valence-electron chi connectivity index (χ4n) is 2.66. The van der Waals surface area contributed by atoms with E-state index in [4.69, 9.17) is 4.74 Å². The van der Waals surface area contributed by atoms with E-state index in [0.29, 0.717) is 12.0 Å². The zero-order valence-electron chi connectivity index (χ0n) is 11.1. The summed E-state index contributed by atoms with van der Waals surface area (Å²) in [6, 6.07) is 7.02. The maximum Gasteiger partial charge on any atom is 0.119 e. The first kappa shape index (κ1) is 12.4. The van der Waals surface area contributed by atoms with Crippen molar-refractivity contribution in [3.8, 4) is 5.75 Å². The Morgan fingerprint density at radius 3 is 2.94 bits per heavy atom. The normalized spacial score (nSPS) is 23.9. The van der Waals surface area contributed by atoms with Gasteiger partial charge in [-0.2, -0.15) is 0 Å². The Morgan fingerprint density at radius 2 is 2.24 bits per heavy atom. The quantitative estimate of drug-likeness (QED) is 0.864. The Morgan fingerprint density at radius 1 is 1.41 bits per heavy atom. The van der Waals surface area contributed by atoms with Crippen molar-refractivity contribution in [2.45, 2.75) is 39.2 Å². The molecule has 0 saturated heterocycles. The van der Waals surface area contributed by atoms with Crippen LogP contribution in [0, 0.1) is 5.92 Å². The predicted molar refractivity (Wildman–Crippen MR) is 71.5 cm³/mol. The number of hydrogen-bond donors (Lipinski definition) is 1. The van der Waals surface area contributed by atoms with Crippen LogP contribution in [-0.4, -0.2) is 13.7 Å². The van der Waals surface area contributed by atoms with E-state index < -0.39 is 0 Å². The monoisotopic (exact) mass is 233 g/mol. The molecular formula is C15H23NO. The molecule has 0 aromatic heterocycles. The highest BCUT2D eigenvalue weighted by atomic mass is 16.5. The van der Waals surface area contributed by atoms with Crippen LogP contribution in [0.15, 0.2) is 18.2 Å². The molecule has 0 amide bonds. The minimum Gasteiger partial charge on any atom is -0.497 e. The molecule has 17 heavy (non-hydrogen) atoms. The van der Waals surface area contributed by atoms with E-state index in [9.17, 15) is 0 Å². The third-order valence-corrected chi connectivity index (χ3v) is 3.59. The lowest BCUT2D eigenvalue weighted by molar-refractivity contribution is 0.412. The molecule has 2 atom stereocenters.